The van der Waals surface area contributed by atoms with Crippen molar-refractivity contribution in [2.24, 2.45) is 0 Å². The Morgan fingerprint density at radius 2 is 1.52 bits per heavy atom. The van der Waals surface area contributed by atoms with E-state index in [1.54, 1.807) is 17.6 Å². The molecule has 0 bridgehead atoms. The lowest BCUT2D eigenvalue weighted by atomic mass is 9.94. The Labute approximate surface area is 145 Å². The zero-order valence-corrected chi connectivity index (χ0v) is 13.8. The number of amides is 3. The molecular weight excluding hydrogens is 320 g/mol. The van der Waals surface area contributed by atoms with E-state index in [0.29, 0.717) is 30.5 Å². The molecule has 0 atom stereocenters. The normalized spacial score (nSPS) is 13.4. The number of imide groups is 1. The second-order valence-corrected chi connectivity index (χ2v) is 6.17. The van der Waals surface area contributed by atoms with Crippen molar-refractivity contribution in [3.05, 3.63) is 47.5 Å². The van der Waals surface area contributed by atoms with Crippen molar-refractivity contribution in [1.82, 2.24) is 10.4 Å². The molecule has 0 saturated heterocycles. The van der Waals surface area contributed by atoms with Crippen LogP contribution in [-0.2, 0) is 4.79 Å². The van der Waals surface area contributed by atoms with Gasteiger partial charge in [-0.1, -0.05) is 37.1 Å². The van der Waals surface area contributed by atoms with Crippen LogP contribution >= 0.6 is 0 Å². The van der Waals surface area contributed by atoms with Crippen LogP contribution in [0, 0.1) is 0 Å². The molecule has 1 heterocycles. The number of benzene rings is 2. The van der Waals surface area contributed by atoms with Crippen LogP contribution < -0.4 is 5.48 Å². The summed E-state index contributed by atoms with van der Waals surface area (Å²) in [6.45, 7) is 0.370. The van der Waals surface area contributed by atoms with Gasteiger partial charge in [0.1, 0.15) is 0 Å². The first-order valence-corrected chi connectivity index (χ1v) is 8.44. The van der Waals surface area contributed by atoms with Gasteiger partial charge in [-0.2, -0.15) is 0 Å². The van der Waals surface area contributed by atoms with Crippen molar-refractivity contribution >= 4 is 28.5 Å². The van der Waals surface area contributed by atoms with E-state index >= 15 is 0 Å². The number of hydrogen-bond donors (Lipinski definition) is 2. The van der Waals surface area contributed by atoms with Crippen LogP contribution in [-0.4, -0.2) is 34.4 Å². The second kappa shape index (κ2) is 7.44. The van der Waals surface area contributed by atoms with Gasteiger partial charge in [-0.15, -0.1) is 0 Å². The maximum absolute atomic E-state index is 12.7. The van der Waals surface area contributed by atoms with Gasteiger partial charge in [0, 0.05) is 29.5 Å². The highest BCUT2D eigenvalue weighted by atomic mass is 16.5. The molecule has 0 saturated carbocycles. The van der Waals surface area contributed by atoms with Crippen LogP contribution in [0.25, 0.3) is 10.8 Å². The minimum absolute atomic E-state index is 0.242. The number of hydrogen-bond acceptors (Lipinski definition) is 4. The van der Waals surface area contributed by atoms with Crippen molar-refractivity contribution in [1.29, 1.82) is 0 Å². The van der Waals surface area contributed by atoms with Gasteiger partial charge < -0.3 is 0 Å². The topological polar surface area (TPSA) is 86.7 Å². The molecule has 1 aliphatic heterocycles. The largest absolute Gasteiger partial charge is 0.289 e. The van der Waals surface area contributed by atoms with E-state index in [1.165, 1.54) is 4.90 Å². The zero-order valence-electron chi connectivity index (χ0n) is 13.8. The van der Waals surface area contributed by atoms with Gasteiger partial charge >= 0.3 is 0 Å². The zero-order chi connectivity index (χ0) is 17.8. The SMILES string of the molecule is O=C(CCCCCCN1C(=O)c2cccc3cccc(c23)C1=O)NO. The smallest absolute Gasteiger partial charge is 0.261 e. The highest BCUT2D eigenvalue weighted by Crippen LogP contribution is 2.30. The molecule has 2 aromatic carbocycles. The van der Waals surface area contributed by atoms with Crippen molar-refractivity contribution in [2.45, 2.75) is 32.1 Å². The molecule has 2 aromatic rings. The third-order valence-electron chi connectivity index (χ3n) is 4.52. The predicted molar refractivity (Wildman–Crippen MR) is 92.3 cm³/mol. The summed E-state index contributed by atoms with van der Waals surface area (Å²) in [4.78, 5) is 37.6. The molecule has 0 radical (unpaired) electrons. The Hall–Kier alpha value is -2.73. The molecular formula is C19H20N2O4. The molecule has 130 valence electrons. The van der Waals surface area contributed by atoms with E-state index < -0.39 is 5.91 Å². The molecule has 6 nitrogen and oxygen atoms in total. The van der Waals surface area contributed by atoms with Crippen molar-refractivity contribution in [2.75, 3.05) is 6.54 Å². The second-order valence-electron chi connectivity index (χ2n) is 6.17. The Balaban J connectivity index is 1.64. The van der Waals surface area contributed by atoms with Crippen LogP contribution in [0.1, 0.15) is 52.8 Å². The van der Waals surface area contributed by atoms with Crippen molar-refractivity contribution in [3.8, 4) is 0 Å². The highest BCUT2D eigenvalue weighted by Gasteiger charge is 2.31. The monoisotopic (exact) mass is 340 g/mol. The minimum Gasteiger partial charge on any atom is -0.289 e. The Bertz CT molecular complexity index is 781. The third-order valence-corrected chi connectivity index (χ3v) is 4.52. The van der Waals surface area contributed by atoms with E-state index in [-0.39, 0.29) is 18.2 Å². The van der Waals surface area contributed by atoms with Gasteiger partial charge in [0.05, 0.1) is 0 Å². The summed E-state index contributed by atoms with van der Waals surface area (Å²) in [5, 5.41) is 10.1. The van der Waals surface area contributed by atoms with Gasteiger partial charge in [0.25, 0.3) is 11.8 Å². The summed E-state index contributed by atoms with van der Waals surface area (Å²) in [6.07, 6.45) is 3.23. The van der Waals surface area contributed by atoms with E-state index in [4.69, 9.17) is 5.21 Å². The summed E-state index contributed by atoms with van der Waals surface area (Å²) < 4.78 is 0. The number of nitrogens with one attached hydrogen (secondary N) is 1. The summed E-state index contributed by atoms with van der Waals surface area (Å²) >= 11 is 0. The number of hydroxylamine groups is 1. The molecule has 0 spiro atoms. The standard InChI is InChI=1S/C19H20N2O4/c22-16(20-25)11-3-1-2-4-12-21-18(23)14-9-5-7-13-8-6-10-15(17(13)14)19(21)24/h5-10,25H,1-4,11-12H2,(H,20,22). The highest BCUT2D eigenvalue weighted by molar-refractivity contribution is 6.25. The van der Waals surface area contributed by atoms with Gasteiger partial charge in [-0.25, -0.2) is 5.48 Å². The number of nitrogens with zero attached hydrogens (tertiary/aromatic N) is 1. The van der Waals surface area contributed by atoms with Crippen LogP contribution in [0.3, 0.4) is 0 Å². The summed E-state index contributed by atoms with van der Waals surface area (Å²) in [5.41, 5.74) is 2.75. The van der Waals surface area contributed by atoms with E-state index in [9.17, 15) is 14.4 Å². The first-order valence-electron chi connectivity index (χ1n) is 8.44. The fourth-order valence-electron chi connectivity index (χ4n) is 3.25. The van der Waals surface area contributed by atoms with Crippen LogP contribution in [0.15, 0.2) is 36.4 Å². The first-order chi connectivity index (χ1) is 12.1. The molecule has 6 heteroatoms. The van der Waals surface area contributed by atoms with Crippen molar-refractivity contribution in [3.63, 3.8) is 0 Å². The number of carbonyl (C=O) groups is 3. The van der Waals surface area contributed by atoms with E-state index in [1.807, 2.05) is 24.3 Å². The Morgan fingerprint density at radius 3 is 2.12 bits per heavy atom. The Morgan fingerprint density at radius 1 is 0.920 bits per heavy atom. The fourth-order valence-corrected chi connectivity index (χ4v) is 3.25. The predicted octanol–water partition coefficient (Wildman–Crippen LogP) is 2.89. The number of rotatable bonds is 7. The maximum Gasteiger partial charge on any atom is 0.261 e. The molecule has 1 aliphatic rings. The molecule has 3 amide bonds. The molecule has 2 N–H and O–H groups in total. The van der Waals surface area contributed by atoms with Crippen LogP contribution in [0.2, 0.25) is 0 Å². The van der Waals surface area contributed by atoms with Crippen LogP contribution in [0.5, 0.6) is 0 Å². The molecule has 0 aliphatic carbocycles. The Kier molecular flexibility index (Phi) is 5.09. The van der Waals surface area contributed by atoms with Crippen LogP contribution in [0.4, 0.5) is 0 Å². The summed E-state index contributed by atoms with van der Waals surface area (Å²) in [5.74, 6) is -0.881. The molecule has 0 aromatic heterocycles. The van der Waals surface area contributed by atoms with Gasteiger partial charge in [0.2, 0.25) is 5.91 Å². The van der Waals surface area contributed by atoms with E-state index in [2.05, 4.69) is 0 Å². The lowest BCUT2D eigenvalue weighted by Gasteiger charge is -2.27. The molecule has 3 rings (SSSR count). The third kappa shape index (κ3) is 3.39. The average Bonchev–Trinajstić information content (AvgIpc) is 2.64. The molecule has 0 unspecified atom stereocenters. The lowest BCUT2D eigenvalue weighted by molar-refractivity contribution is -0.129. The summed E-state index contributed by atoms with van der Waals surface area (Å²) in [7, 11) is 0. The summed E-state index contributed by atoms with van der Waals surface area (Å²) in [6, 6.07) is 11.0. The first kappa shape index (κ1) is 17.1. The van der Waals surface area contributed by atoms with Gasteiger partial charge in [-0.05, 0) is 30.4 Å². The van der Waals surface area contributed by atoms with Gasteiger partial charge in [-0.3, -0.25) is 24.5 Å². The van der Waals surface area contributed by atoms with E-state index in [0.717, 1.165) is 23.6 Å². The fraction of sp³-hybridized carbons (Fsp3) is 0.316. The maximum atomic E-state index is 12.7. The number of unbranched alkanes of at least 4 members (excludes halogenated alkanes) is 3. The quantitative estimate of drug-likeness (QED) is 0.351. The molecule has 25 heavy (non-hydrogen) atoms. The lowest BCUT2D eigenvalue weighted by Crippen LogP contribution is -2.40. The number of carbonyl (C=O) groups excluding carboxylic acids is 3. The average molecular weight is 340 g/mol. The molecule has 0 fully saturated rings. The van der Waals surface area contributed by atoms with Gasteiger partial charge in [0.15, 0.2) is 0 Å². The van der Waals surface area contributed by atoms with Crippen molar-refractivity contribution < 1.29 is 19.6 Å². The minimum atomic E-state index is -0.397.